The molecule has 2 N–H and O–H groups in total. The lowest BCUT2D eigenvalue weighted by molar-refractivity contribution is 0.0271. The van der Waals surface area contributed by atoms with Crippen LogP contribution in [0.5, 0.6) is 5.75 Å². The van der Waals surface area contributed by atoms with Crippen LogP contribution in [0, 0.1) is 0 Å². The molecule has 0 aliphatic heterocycles. The molecule has 0 aliphatic rings. The second-order valence-corrected chi connectivity index (χ2v) is 8.90. The van der Waals surface area contributed by atoms with Crippen LogP contribution < -0.4 is 14.9 Å². The molecule has 0 saturated heterocycles. The van der Waals surface area contributed by atoms with Gasteiger partial charge in [0.25, 0.3) is 0 Å². The number of hydrogen-bond donors (Lipinski definition) is 2. The summed E-state index contributed by atoms with van der Waals surface area (Å²) < 4.78 is 31.5. The molecule has 0 radical (unpaired) electrons. The fraction of sp³-hybridized carbons (Fsp3) is 0.684. The Kier molecular flexibility index (Phi) is 11.5. The highest BCUT2D eigenvalue weighted by Gasteiger charge is 2.13. The van der Waals surface area contributed by atoms with Crippen LogP contribution in [-0.2, 0) is 21.5 Å². The minimum atomic E-state index is -3.14. The average Bonchev–Trinajstić information content (AvgIpc) is 2.60. The molecule has 0 bridgehead atoms. The minimum absolute atomic E-state index is 0.381. The molecule has 0 fully saturated rings. The lowest BCUT2D eigenvalue weighted by Crippen LogP contribution is -2.31. The zero-order valence-electron chi connectivity index (χ0n) is 16.3. The smallest absolute Gasteiger partial charge is 0.213 e. The summed E-state index contributed by atoms with van der Waals surface area (Å²) >= 11 is 0. The highest BCUT2D eigenvalue weighted by atomic mass is 32.2. The number of sulfonamides is 1. The maximum absolute atomic E-state index is 11.6. The Morgan fingerprint density at radius 2 is 1.85 bits per heavy atom. The lowest BCUT2D eigenvalue weighted by Gasteiger charge is -2.10. The van der Waals surface area contributed by atoms with Gasteiger partial charge in [-0.1, -0.05) is 31.9 Å². The molecule has 1 rings (SSSR count). The molecule has 0 amide bonds. The van der Waals surface area contributed by atoms with Crippen molar-refractivity contribution in [3.05, 3.63) is 29.8 Å². The molecule has 0 unspecified atom stereocenters. The molecule has 150 valence electrons. The number of rotatable bonds is 15. The minimum Gasteiger partial charge on any atom is -0.494 e. The van der Waals surface area contributed by atoms with Gasteiger partial charge in [0.1, 0.15) is 5.75 Å². The maximum Gasteiger partial charge on any atom is 0.213 e. The molecule has 0 aliphatic carbocycles. The van der Waals surface area contributed by atoms with Crippen molar-refractivity contribution in [2.24, 2.45) is 0 Å². The fourth-order valence-electron chi connectivity index (χ4n) is 2.15. The first-order chi connectivity index (χ1) is 12.5. The van der Waals surface area contributed by atoms with Gasteiger partial charge >= 0.3 is 0 Å². The first-order valence-electron chi connectivity index (χ1n) is 9.50. The van der Waals surface area contributed by atoms with Crippen LogP contribution in [-0.4, -0.2) is 33.4 Å². The molecule has 0 saturated carbocycles. The Morgan fingerprint density at radius 1 is 1.08 bits per heavy atom. The van der Waals surface area contributed by atoms with Crippen molar-refractivity contribution in [2.45, 2.75) is 64.7 Å². The van der Waals surface area contributed by atoms with Crippen LogP contribution in [0.4, 0.5) is 0 Å². The fourth-order valence-corrected chi connectivity index (χ4v) is 2.91. The number of benzene rings is 1. The largest absolute Gasteiger partial charge is 0.494 e. The van der Waals surface area contributed by atoms with Gasteiger partial charge in [-0.2, -0.15) is 0 Å². The van der Waals surface area contributed by atoms with Crippen molar-refractivity contribution in [2.75, 3.05) is 19.7 Å². The quantitative estimate of drug-likeness (QED) is 0.357. The topological polar surface area (TPSA) is 76.7 Å². The van der Waals surface area contributed by atoms with E-state index in [4.69, 9.17) is 9.57 Å². The van der Waals surface area contributed by atoms with Crippen LogP contribution in [0.1, 0.15) is 58.4 Å². The van der Waals surface area contributed by atoms with E-state index in [0.29, 0.717) is 13.2 Å². The van der Waals surface area contributed by atoms with Gasteiger partial charge in [0.2, 0.25) is 10.0 Å². The van der Waals surface area contributed by atoms with E-state index in [9.17, 15) is 8.42 Å². The van der Waals surface area contributed by atoms with Crippen molar-refractivity contribution in [3.8, 4) is 5.75 Å². The monoisotopic (exact) mass is 386 g/mol. The van der Waals surface area contributed by atoms with Crippen LogP contribution in [0.25, 0.3) is 0 Å². The molecular formula is C19H34N2O4S. The molecule has 0 spiro atoms. The summed E-state index contributed by atoms with van der Waals surface area (Å²) in [5.41, 5.74) is 4.02. The second kappa shape index (κ2) is 13.1. The van der Waals surface area contributed by atoms with Crippen molar-refractivity contribution in [3.63, 3.8) is 0 Å². The van der Waals surface area contributed by atoms with Crippen molar-refractivity contribution < 1.29 is 18.0 Å². The number of hydroxylamine groups is 1. The summed E-state index contributed by atoms with van der Waals surface area (Å²) in [4.78, 5) is 5.48. The molecular weight excluding hydrogens is 352 g/mol. The van der Waals surface area contributed by atoms with Gasteiger partial charge in [-0.3, -0.25) is 4.84 Å². The van der Waals surface area contributed by atoms with Gasteiger partial charge in [-0.05, 0) is 50.8 Å². The standard InChI is InChI=1S/C19H34N2O4S/c1-4-5-14-24-19-11-9-10-18(15-19)16-25-20-12-7-6-8-13-21-26(22,23)17(2)3/h9-11,15,17,20-21H,4-8,12-14,16H2,1-3H3. The molecule has 1 aromatic rings. The molecule has 0 heterocycles. The maximum atomic E-state index is 11.6. The van der Waals surface area contributed by atoms with E-state index in [-0.39, 0.29) is 5.25 Å². The third kappa shape index (κ3) is 10.1. The van der Waals surface area contributed by atoms with Crippen molar-refractivity contribution in [1.29, 1.82) is 0 Å². The first kappa shape index (κ1) is 22.9. The Bertz CT molecular complexity index is 591. The molecule has 6 nitrogen and oxygen atoms in total. The molecule has 26 heavy (non-hydrogen) atoms. The lowest BCUT2D eigenvalue weighted by atomic mass is 10.2. The van der Waals surface area contributed by atoms with Crippen LogP contribution in [0.2, 0.25) is 0 Å². The predicted molar refractivity (Wildman–Crippen MR) is 106 cm³/mol. The van der Waals surface area contributed by atoms with Gasteiger partial charge in [0.05, 0.1) is 18.5 Å². The molecule has 7 heteroatoms. The van der Waals surface area contributed by atoms with Gasteiger partial charge in [0, 0.05) is 13.1 Å². The van der Waals surface area contributed by atoms with Gasteiger partial charge < -0.3 is 4.74 Å². The van der Waals surface area contributed by atoms with Crippen molar-refractivity contribution >= 4 is 10.0 Å². The summed E-state index contributed by atoms with van der Waals surface area (Å²) in [6, 6.07) is 7.94. The summed E-state index contributed by atoms with van der Waals surface area (Å²) in [5.74, 6) is 0.878. The van der Waals surface area contributed by atoms with E-state index < -0.39 is 10.0 Å². The van der Waals surface area contributed by atoms with Gasteiger partial charge in [-0.15, -0.1) is 0 Å². The molecule has 0 aromatic heterocycles. The van der Waals surface area contributed by atoms with Crippen LogP contribution >= 0.6 is 0 Å². The van der Waals surface area contributed by atoms with Crippen molar-refractivity contribution in [1.82, 2.24) is 10.2 Å². The molecule has 0 atom stereocenters. The summed E-state index contributed by atoms with van der Waals surface area (Å²) in [7, 11) is -3.14. The summed E-state index contributed by atoms with van der Waals surface area (Å²) in [6.07, 6.45) is 4.88. The first-order valence-corrected chi connectivity index (χ1v) is 11.0. The average molecular weight is 387 g/mol. The zero-order valence-corrected chi connectivity index (χ0v) is 17.1. The highest BCUT2D eigenvalue weighted by molar-refractivity contribution is 7.90. The van der Waals surface area contributed by atoms with Crippen LogP contribution in [0.15, 0.2) is 24.3 Å². The Labute approximate surface area is 158 Å². The molecule has 1 aromatic carbocycles. The number of hydrogen-bond acceptors (Lipinski definition) is 5. The second-order valence-electron chi connectivity index (χ2n) is 6.58. The van der Waals surface area contributed by atoms with E-state index in [2.05, 4.69) is 17.1 Å². The number of ether oxygens (including phenoxy) is 1. The van der Waals surface area contributed by atoms with E-state index in [1.54, 1.807) is 13.8 Å². The van der Waals surface area contributed by atoms with Gasteiger partial charge in [-0.25, -0.2) is 18.6 Å². The van der Waals surface area contributed by atoms with E-state index in [0.717, 1.165) is 56.6 Å². The van der Waals surface area contributed by atoms with Crippen LogP contribution in [0.3, 0.4) is 0 Å². The number of unbranched alkanes of at least 4 members (excludes halogenated alkanes) is 3. The zero-order chi connectivity index (χ0) is 19.3. The SMILES string of the molecule is CCCCOc1cccc(CONCCCCCNS(=O)(=O)C(C)C)c1. The van der Waals surface area contributed by atoms with Gasteiger partial charge in [0.15, 0.2) is 0 Å². The van der Waals surface area contributed by atoms with E-state index >= 15 is 0 Å². The van der Waals surface area contributed by atoms with E-state index in [1.165, 1.54) is 0 Å². The highest BCUT2D eigenvalue weighted by Crippen LogP contribution is 2.14. The Hall–Kier alpha value is -1.15. The Balaban J connectivity index is 2.06. The summed E-state index contributed by atoms with van der Waals surface area (Å²) in [5, 5.41) is -0.381. The normalized spacial score (nSPS) is 11.8. The number of nitrogens with one attached hydrogen (secondary N) is 2. The Morgan fingerprint density at radius 3 is 2.58 bits per heavy atom. The third-order valence-corrected chi connectivity index (χ3v) is 5.73. The van der Waals surface area contributed by atoms with E-state index in [1.807, 2.05) is 24.3 Å². The predicted octanol–water partition coefficient (Wildman–Crippen LogP) is 3.38. The summed E-state index contributed by atoms with van der Waals surface area (Å²) in [6.45, 7) is 7.96. The third-order valence-electron chi connectivity index (χ3n) is 3.89.